The van der Waals surface area contributed by atoms with Gasteiger partial charge in [-0.05, 0) is 70.3 Å². The van der Waals surface area contributed by atoms with Crippen LogP contribution in [0.5, 0.6) is 0 Å². The lowest BCUT2D eigenvalue weighted by Crippen LogP contribution is -2.74. The Balaban J connectivity index is 1.41. The second-order valence-electron chi connectivity index (χ2n) is 12.1. The van der Waals surface area contributed by atoms with Crippen LogP contribution in [0.3, 0.4) is 0 Å². The Hall–Kier alpha value is -1.76. The van der Waals surface area contributed by atoms with Crippen LogP contribution in [0.15, 0.2) is 34.9 Å². The highest BCUT2D eigenvalue weighted by atomic mass is 16.6. The summed E-state index contributed by atoms with van der Waals surface area (Å²) >= 11 is 0. The Labute approximate surface area is 201 Å². The Kier molecular flexibility index (Phi) is 4.62. The smallest absolute Gasteiger partial charge is 0.333 e. The minimum atomic E-state index is -1.53. The van der Waals surface area contributed by atoms with Gasteiger partial charge in [0.1, 0.15) is 6.10 Å². The summed E-state index contributed by atoms with van der Waals surface area (Å²) in [6.07, 6.45) is 9.24. The molecule has 6 rings (SSSR count). The van der Waals surface area contributed by atoms with Crippen LogP contribution in [0.4, 0.5) is 0 Å². The molecule has 0 aromatic carbocycles. The molecule has 3 fully saturated rings. The van der Waals surface area contributed by atoms with E-state index in [2.05, 4.69) is 6.08 Å². The van der Waals surface area contributed by atoms with Crippen molar-refractivity contribution in [2.45, 2.75) is 83.7 Å². The van der Waals surface area contributed by atoms with Crippen LogP contribution in [0.2, 0.25) is 0 Å². The molecule has 4 aliphatic carbocycles. The number of ketones is 1. The summed E-state index contributed by atoms with van der Waals surface area (Å²) in [5, 5.41) is 24.5. The van der Waals surface area contributed by atoms with Gasteiger partial charge in [-0.1, -0.05) is 30.2 Å². The maximum absolute atomic E-state index is 13.2. The van der Waals surface area contributed by atoms with Crippen molar-refractivity contribution in [3.05, 3.63) is 34.9 Å². The number of rotatable bonds is 1. The third-order valence-corrected chi connectivity index (χ3v) is 11.3. The quantitative estimate of drug-likeness (QED) is 0.451. The van der Waals surface area contributed by atoms with Gasteiger partial charge in [-0.2, -0.15) is 0 Å². The summed E-state index contributed by atoms with van der Waals surface area (Å²) in [6, 6.07) is 0. The molecular formula is C28H36O6. The molecule has 6 heteroatoms. The second-order valence-corrected chi connectivity index (χ2v) is 12.1. The topological polar surface area (TPSA) is 93.1 Å². The van der Waals surface area contributed by atoms with Crippen molar-refractivity contribution in [2.24, 2.45) is 34.5 Å². The molecule has 2 N–H and O–H groups in total. The molecule has 0 amide bonds. The summed E-state index contributed by atoms with van der Waals surface area (Å²) < 4.78 is 12.1. The molecule has 2 heterocycles. The molecule has 6 aliphatic rings. The van der Waals surface area contributed by atoms with Crippen LogP contribution in [-0.4, -0.2) is 46.1 Å². The molecule has 34 heavy (non-hydrogen) atoms. The van der Waals surface area contributed by atoms with Crippen molar-refractivity contribution in [3.63, 3.8) is 0 Å². The monoisotopic (exact) mass is 468 g/mol. The zero-order valence-electron chi connectivity index (χ0n) is 20.6. The van der Waals surface area contributed by atoms with Crippen molar-refractivity contribution in [3.8, 4) is 0 Å². The van der Waals surface area contributed by atoms with E-state index < -0.39 is 34.2 Å². The average molecular weight is 469 g/mol. The number of hydrogen-bond donors (Lipinski definition) is 2. The van der Waals surface area contributed by atoms with E-state index in [1.807, 2.05) is 26.8 Å². The van der Waals surface area contributed by atoms with Crippen molar-refractivity contribution < 1.29 is 29.3 Å². The molecule has 9 atom stereocenters. The normalized spacial score (nSPS) is 51.9. The first-order valence-electron chi connectivity index (χ1n) is 12.8. The predicted molar refractivity (Wildman–Crippen MR) is 124 cm³/mol. The van der Waals surface area contributed by atoms with Crippen molar-refractivity contribution in [1.82, 2.24) is 0 Å². The SMILES string of the molecule is CC1=C(C)C(=O)O[C@H]([C@@H]2CO[C@@]3(O)C[C@H]4[C@@H](CC=C5CC=CC(=O)[C@@]54C)[C@@H]4CC[C@]2(O)[C@]43C)C1. The van der Waals surface area contributed by atoms with Gasteiger partial charge in [-0.25, -0.2) is 4.79 Å². The molecule has 0 bridgehead atoms. The summed E-state index contributed by atoms with van der Waals surface area (Å²) in [5.74, 6) is -2.00. The molecule has 0 spiro atoms. The standard InChI is InChI=1S/C28H36O6/c1-15-12-22(34-24(30)16(15)2)21-14-33-28(32)13-20-18(19-10-11-27(21,31)26(19,28)4)9-8-17-6-5-7-23(29)25(17,20)3/h5,7-8,18-22,31-32H,6,9-14H2,1-4H3/t18-,19-,20-,21-,22-,25-,26-,27+,28-/m0/s1. The molecule has 0 aromatic rings. The van der Waals surface area contributed by atoms with Crippen molar-refractivity contribution in [1.29, 1.82) is 0 Å². The van der Waals surface area contributed by atoms with Gasteiger partial charge in [-0.15, -0.1) is 0 Å². The fourth-order valence-corrected chi connectivity index (χ4v) is 8.93. The zero-order valence-corrected chi connectivity index (χ0v) is 20.6. The van der Waals surface area contributed by atoms with Crippen LogP contribution in [0, 0.1) is 34.5 Å². The fourth-order valence-electron chi connectivity index (χ4n) is 8.93. The van der Waals surface area contributed by atoms with Gasteiger partial charge < -0.3 is 19.7 Å². The number of hydrogen-bond acceptors (Lipinski definition) is 6. The number of aliphatic hydroxyl groups is 2. The highest BCUT2D eigenvalue weighted by Gasteiger charge is 2.77. The van der Waals surface area contributed by atoms with Gasteiger partial charge in [0, 0.05) is 24.3 Å². The first-order valence-corrected chi connectivity index (χ1v) is 12.8. The lowest BCUT2D eigenvalue weighted by atomic mass is 9.44. The fraction of sp³-hybridized carbons (Fsp3) is 0.714. The molecule has 2 saturated carbocycles. The van der Waals surface area contributed by atoms with E-state index in [1.54, 1.807) is 13.0 Å². The van der Waals surface area contributed by atoms with Crippen LogP contribution in [0.1, 0.15) is 66.2 Å². The lowest BCUT2D eigenvalue weighted by molar-refractivity contribution is -0.395. The van der Waals surface area contributed by atoms with Crippen LogP contribution < -0.4 is 0 Å². The molecule has 184 valence electrons. The van der Waals surface area contributed by atoms with Gasteiger partial charge in [0.15, 0.2) is 11.6 Å². The first-order chi connectivity index (χ1) is 16.0. The van der Waals surface area contributed by atoms with Gasteiger partial charge >= 0.3 is 5.97 Å². The molecule has 0 unspecified atom stereocenters. The summed E-state index contributed by atoms with van der Waals surface area (Å²) in [4.78, 5) is 25.7. The van der Waals surface area contributed by atoms with Gasteiger partial charge in [0.2, 0.25) is 0 Å². The molecule has 2 aliphatic heterocycles. The highest BCUT2D eigenvalue weighted by molar-refractivity contribution is 5.98. The minimum absolute atomic E-state index is 0.00930. The van der Waals surface area contributed by atoms with E-state index in [4.69, 9.17) is 9.47 Å². The summed E-state index contributed by atoms with van der Waals surface area (Å²) in [5.41, 5.74) is 0.0202. The average Bonchev–Trinajstić information content (AvgIpc) is 3.07. The maximum Gasteiger partial charge on any atom is 0.333 e. The number of carbonyl (C=O) groups is 2. The van der Waals surface area contributed by atoms with E-state index in [0.717, 1.165) is 30.4 Å². The first kappa shape index (κ1) is 22.7. The number of ether oxygens (including phenoxy) is 2. The minimum Gasteiger partial charge on any atom is -0.458 e. The van der Waals surface area contributed by atoms with Gasteiger partial charge in [0.25, 0.3) is 0 Å². The third-order valence-electron chi connectivity index (χ3n) is 11.3. The van der Waals surface area contributed by atoms with Crippen LogP contribution in [-0.2, 0) is 19.1 Å². The van der Waals surface area contributed by atoms with Crippen molar-refractivity contribution >= 4 is 11.8 Å². The molecule has 6 nitrogen and oxygen atoms in total. The highest BCUT2D eigenvalue weighted by Crippen LogP contribution is 2.72. The molecular weight excluding hydrogens is 432 g/mol. The second kappa shape index (κ2) is 6.92. The molecule has 1 saturated heterocycles. The number of cyclic esters (lactones) is 1. The Morgan fingerprint density at radius 3 is 2.59 bits per heavy atom. The van der Waals surface area contributed by atoms with Gasteiger partial charge in [-0.3, -0.25) is 4.79 Å². The van der Waals surface area contributed by atoms with E-state index in [1.165, 1.54) is 0 Å². The lowest BCUT2D eigenvalue weighted by Gasteiger charge is -2.66. The van der Waals surface area contributed by atoms with E-state index in [0.29, 0.717) is 24.8 Å². The largest absolute Gasteiger partial charge is 0.458 e. The number of fused-ring (bicyclic) bond motifs is 4. The Bertz CT molecular complexity index is 1070. The van der Waals surface area contributed by atoms with E-state index in [-0.39, 0.29) is 36.1 Å². The van der Waals surface area contributed by atoms with Crippen molar-refractivity contribution in [2.75, 3.05) is 6.61 Å². The zero-order chi connectivity index (χ0) is 24.3. The Morgan fingerprint density at radius 2 is 1.85 bits per heavy atom. The Morgan fingerprint density at radius 1 is 1.09 bits per heavy atom. The third kappa shape index (κ3) is 2.47. The number of esters is 1. The summed E-state index contributed by atoms with van der Waals surface area (Å²) in [7, 11) is 0. The number of allylic oxidation sites excluding steroid dienone is 4. The molecule has 0 radical (unpaired) electrons. The van der Waals surface area contributed by atoms with E-state index in [9.17, 15) is 19.8 Å². The summed E-state index contributed by atoms with van der Waals surface area (Å²) in [6.45, 7) is 7.87. The maximum atomic E-state index is 13.2. The van der Waals surface area contributed by atoms with Gasteiger partial charge in [0.05, 0.1) is 23.0 Å². The molecule has 0 aromatic heterocycles. The van der Waals surface area contributed by atoms with Crippen LogP contribution >= 0.6 is 0 Å². The van der Waals surface area contributed by atoms with Crippen LogP contribution in [0.25, 0.3) is 0 Å². The number of carbonyl (C=O) groups excluding carboxylic acids is 2. The van der Waals surface area contributed by atoms with E-state index >= 15 is 0 Å². The predicted octanol–water partition coefficient (Wildman–Crippen LogP) is 3.62.